The number of nitrogens with zero attached hydrogens (tertiary/aromatic N) is 1. The van der Waals surface area contributed by atoms with E-state index in [-0.39, 0.29) is 6.23 Å². The van der Waals surface area contributed by atoms with Gasteiger partial charge in [0, 0.05) is 6.04 Å². The molecule has 2 nitrogen and oxygen atoms in total. The monoisotopic (exact) mass is 185 g/mol. The smallest absolute Gasteiger partial charge is 0.104 e. The summed E-state index contributed by atoms with van der Waals surface area (Å²) >= 11 is 0. The van der Waals surface area contributed by atoms with Gasteiger partial charge in [-0.25, -0.2) is 0 Å². The topological polar surface area (TPSA) is 23.5 Å². The van der Waals surface area contributed by atoms with E-state index >= 15 is 0 Å². The normalized spacial score (nSPS) is 36.9. The van der Waals surface area contributed by atoms with Crippen LogP contribution in [0.2, 0.25) is 0 Å². The zero-order valence-electron chi connectivity index (χ0n) is 9.33. The fourth-order valence-electron chi connectivity index (χ4n) is 2.71. The van der Waals surface area contributed by atoms with E-state index in [0.717, 1.165) is 11.8 Å². The Balaban J connectivity index is 2.63. The molecule has 78 valence electrons. The molecule has 1 fully saturated rings. The summed E-state index contributed by atoms with van der Waals surface area (Å²) in [4.78, 5) is 2.13. The van der Waals surface area contributed by atoms with Crippen LogP contribution in [0.3, 0.4) is 0 Å². The van der Waals surface area contributed by atoms with Crippen molar-refractivity contribution in [1.82, 2.24) is 4.90 Å². The maximum Gasteiger partial charge on any atom is 0.104 e. The van der Waals surface area contributed by atoms with Gasteiger partial charge in [-0.15, -0.1) is 0 Å². The fourth-order valence-corrected chi connectivity index (χ4v) is 2.71. The van der Waals surface area contributed by atoms with E-state index < -0.39 is 0 Å². The van der Waals surface area contributed by atoms with Gasteiger partial charge in [0.05, 0.1) is 0 Å². The third-order valence-electron chi connectivity index (χ3n) is 3.64. The Hall–Kier alpha value is -0.0800. The number of aliphatic hydroxyl groups excluding tert-OH is 1. The van der Waals surface area contributed by atoms with Gasteiger partial charge >= 0.3 is 0 Å². The van der Waals surface area contributed by atoms with Crippen LogP contribution in [-0.4, -0.2) is 29.3 Å². The van der Waals surface area contributed by atoms with Gasteiger partial charge in [0.15, 0.2) is 0 Å². The lowest BCUT2D eigenvalue weighted by atomic mass is 9.95. The molecule has 0 aromatic carbocycles. The van der Waals surface area contributed by atoms with Gasteiger partial charge in [0.2, 0.25) is 0 Å². The third kappa shape index (κ3) is 2.23. The summed E-state index contributed by atoms with van der Waals surface area (Å²) in [5.74, 6) is 1.53. The van der Waals surface area contributed by atoms with Crippen molar-refractivity contribution in [3.63, 3.8) is 0 Å². The van der Waals surface area contributed by atoms with Crippen LogP contribution in [0.4, 0.5) is 0 Å². The summed E-state index contributed by atoms with van der Waals surface area (Å²) in [6.07, 6.45) is 3.59. The van der Waals surface area contributed by atoms with Crippen molar-refractivity contribution in [3.05, 3.63) is 0 Å². The molecule has 4 atom stereocenters. The first-order chi connectivity index (χ1) is 6.07. The Bertz CT molecular complexity index is 158. The Morgan fingerprint density at radius 1 is 1.46 bits per heavy atom. The average Bonchev–Trinajstić information content (AvgIpc) is 2.45. The number of aliphatic hydroxyl groups is 1. The molecular formula is C11H23NO. The van der Waals surface area contributed by atoms with Gasteiger partial charge in [0.1, 0.15) is 6.23 Å². The predicted molar refractivity (Wildman–Crippen MR) is 55.4 cm³/mol. The first-order valence-electron chi connectivity index (χ1n) is 5.48. The zero-order chi connectivity index (χ0) is 10.0. The lowest BCUT2D eigenvalue weighted by Gasteiger charge is -2.34. The van der Waals surface area contributed by atoms with Crippen LogP contribution in [0.5, 0.6) is 0 Å². The summed E-state index contributed by atoms with van der Waals surface area (Å²) in [6.45, 7) is 6.42. The number of hydrogen-bond donors (Lipinski definition) is 1. The second kappa shape index (κ2) is 4.43. The van der Waals surface area contributed by atoms with Gasteiger partial charge in [-0.3, -0.25) is 4.90 Å². The van der Waals surface area contributed by atoms with E-state index in [4.69, 9.17) is 0 Å². The third-order valence-corrected chi connectivity index (χ3v) is 3.64. The Morgan fingerprint density at radius 3 is 2.54 bits per heavy atom. The van der Waals surface area contributed by atoms with Crippen LogP contribution in [0.1, 0.15) is 40.0 Å². The van der Waals surface area contributed by atoms with Crippen molar-refractivity contribution >= 4 is 0 Å². The summed E-state index contributed by atoms with van der Waals surface area (Å²) in [7, 11) is 2.04. The molecule has 2 heteroatoms. The lowest BCUT2D eigenvalue weighted by Crippen LogP contribution is -2.43. The first-order valence-corrected chi connectivity index (χ1v) is 5.48. The summed E-state index contributed by atoms with van der Waals surface area (Å²) < 4.78 is 0. The molecule has 0 saturated heterocycles. The average molecular weight is 185 g/mol. The lowest BCUT2D eigenvalue weighted by molar-refractivity contribution is -0.0142. The summed E-state index contributed by atoms with van der Waals surface area (Å²) in [5.41, 5.74) is 0. The second-order valence-corrected chi connectivity index (χ2v) is 4.51. The minimum absolute atomic E-state index is 0.306. The highest BCUT2D eigenvalue weighted by Gasteiger charge is 2.35. The van der Waals surface area contributed by atoms with Gasteiger partial charge in [0.25, 0.3) is 0 Å². The van der Waals surface area contributed by atoms with Crippen molar-refractivity contribution in [2.45, 2.75) is 52.3 Å². The van der Waals surface area contributed by atoms with Gasteiger partial charge in [-0.05, 0) is 38.6 Å². The molecule has 13 heavy (non-hydrogen) atoms. The predicted octanol–water partition coefficient (Wildman–Crippen LogP) is 2.08. The van der Waals surface area contributed by atoms with Crippen LogP contribution in [0.15, 0.2) is 0 Å². The highest BCUT2D eigenvalue weighted by atomic mass is 16.3. The minimum Gasteiger partial charge on any atom is -0.379 e. The Labute approximate surface area is 81.9 Å². The van der Waals surface area contributed by atoms with E-state index in [1.165, 1.54) is 19.3 Å². The van der Waals surface area contributed by atoms with Crippen LogP contribution in [-0.2, 0) is 0 Å². The van der Waals surface area contributed by atoms with Crippen LogP contribution < -0.4 is 0 Å². The maximum atomic E-state index is 9.54. The van der Waals surface area contributed by atoms with Crippen LogP contribution in [0, 0.1) is 11.8 Å². The largest absolute Gasteiger partial charge is 0.379 e. The Kier molecular flexibility index (Phi) is 3.74. The molecule has 0 aromatic heterocycles. The highest BCUT2D eigenvalue weighted by molar-refractivity contribution is 4.88. The van der Waals surface area contributed by atoms with Crippen molar-refractivity contribution in [2.24, 2.45) is 11.8 Å². The molecular weight excluding hydrogens is 162 g/mol. The molecule has 0 bridgehead atoms. The van der Waals surface area contributed by atoms with Crippen LogP contribution >= 0.6 is 0 Å². The van der Waals surface area contributed by atoms with Crippen molar-refractivity contribution in [1.29, 1.82) is 0 Å². The van der Waals surface area contributed by atoms with Crippen molar-refractivity contribution in [2.75, 3.05) is 7.05 Å². The van der Waals surface area contributed by atoms with E-state index in [2.05, 4.69) is 18.7 Å². The zero-order valence-corrected chi connectivity index (χ0v) is 9.33. The molecule has 1 rings (SSSR count). The summed E-state index contributed by atoms with van der Waals surface area (Å²) in [6, 6.07) is 0.588. The molecule has 0 spiro atoms. The fraction of sp³-hybridized carbons (Fsp3) is 1.00. The number of hydrogen-bond acceptors (Lipinski definition) is 2. The molecule has 1 aliphatic rings. The second-order valence-electron chi connectivity index (χ2n) is 4.51. The molecule has 1 aliphatic carbocycles. The quantitative estimate of drug-likeness (QED) is 0.680. The molecule has 1 N–H and O–H groups in total. The SMILES string of the molecule is CCC1CCC(C)C1N(C)C(C)O. The number of rotatable bonds is 3. The molecule has 0 aromatic rings. The van der Waals surface area contributed by atoms with Crippen LogP contribution in [0.25, 0.3) is 0 Å². The van der Waals surface area contributed by atoms with E-state index in [0.29, 0.717) is 6.04 Å². The van der Waals surface area contributed by atoms with Crippen molar-refractivity contribution < 1.29 is 5.11 Å². The van der Waals surface area contributed by atoms with Crippen molar-refractivity contribution in [3.8, 4) is 0 Å². The highest BCUT2D eigenvalue weighted by Crippen LogP contribution is 2.36. The first kappa shape index (κ1) is 11.0. The van der Waals surface area contributed by atoms with Gasteiger partial charge in [-0.2, -0.15) is 0 Å². The Morgan fingerprint density at radius 2 is 2.08 bits per heavy atom. The molecule has 0 aliphatic heterocycles. The minimum atomic E-state index is -0.306. The summed E-state index contributed by atoms with van der Waals surface area (Å²) in [5, 5.41) is 9.54. The molecule has 4 unspecified atom stereocenters. The molecule has 1 saturated carbocycles. The van der Waals surface area contributed by atoms with E-state index in [9.17, 15) is 5.11 Å². The van der Waals surface area contributed by atoms with Gasteiger partial charge < -0.3 is 5.11 Å². The van der Waals surface area contributed by atoms with E-state index in [1.807, 2.05) is 14.0 Å². The molecule has 0 amide bonds. The van der Waals surface area contributed by atoms with E-state index in [1.54, 1.807) is 0 Å². The maximum absolute atomic E-state index is 9.54. The standard InChI is InChI=1S/C11H23NO/c1-5-10-7-6-8(2)11(10)12(4)9(3)13/h8-11,13H,5-7H2,1-4H3. The van der Waals surface area contributed by atoms with Gasteiger partial charge in [-0.1, -0.05) is 20.3 Å². The molecule has 0 heterocycles. The molecule has 0 radical (unpaired) electrons.